The van der Waals surface area contributed by atoms with Crippen LogP contribution >= 0.6 is 0 Å². The molecule has 5 heteroatoms. The molecule has 0 unspecified atom stereocenters. The van der Waals surface area contributed by atoms with Crippen molar-refractivity contribution < 1.29 is 0 Å². The second kappa shape index (κ2) is 10.6. The number of fused-ring (bicyclic) bond motifs is 5. The number of hydrogen-bond acceptors (Lipinski definition) is 3. The second-order valence-electron chi connectivity index (χ2n) is 12.5. The molecule has 1 aliphatic rings. The summed E-state index contributed by atoms with van der Waals surface area (Å²) in [7, 11) is -2.71. The summed E-state index contributed by atoms with van der Waals surface area (Å²) in [6.07, 6.45) is 3.87. The molecule has 1 aliphatic heterocycles. The number of para-hydroxylation sites is 1. The Labute approximate surface area is 275 Å². The van der Waals surface area contributed by atoms with Crippen LogP contribution < -0.4 is 25.6 Å². The number of aromatic nitrogens is 3. The molecule has 47 heavy (non-hydrogen) atoms. The normalized spacial score (nSPS) is 13.4. The fourth-order valence-corrected chi connectivity index (χ4v) is 13.0. The average molecular weight is 621 g/mol. The van der Waals surface area contributed by atoms with Gasteiger partial charge in [0, 0.05) is 23.0 Å². The molecule has 9 rings (SSSR count). The molecule has 5 aromatic carbocycles. The molecule has 0 bridgehead atoms. The van der Waals surface area contributed by atoms with Crippen LogP contribution in [0.25, 0.3) is 27.6 Å². The lowest BCUT2D eigenvalue weighted by Crippen LogP contribution is -2.77. The van der Waals surface area contributed by atoms with Crippen LogP contribution in [0, 0.1) is 13.8 Å². The van der Waals surface area contributed by atoms with Crippen molar-refractivity contribution in [1.29, 1.82) is 0 Å². The largest absolute Gasteiger partial charge is 0.306 e. The van der Waals surface area contributed by atoms with E-state index in [4.69, 9.17) is 9.97 Å². The zero-order chi connectivity index (χ0) is 31.5. The minimum atomic E-state index is -2.71. The van der Waals surface area contributed by atoms with Crippen LogP contribution in [0.3, 0.4) is 0 Å². The van der Waals surface area contributed by atoms with E-state index in [0.717, 1.165) is 33.4 Å². The van der Waals surface area contributed by atoms with Crippen LogP contribution in [-0.2, 0) is 0 Å². The molecule has 0 fully saturated rings. The minimum Gasteiger partial charge on any atom is -0.306 e. The van der Waals surface area contributed by atoms with E-state index < -0.39 is 8.07 Å². The first-order valence-electron chi connectivity index (χ1n) is 16.1. The van der Waals surface area contributed by atoms with Gasteiger partial charge in [0.05, 0.1) is 28.4 Å². The highest BCUT2D eigenvalue weighted by molar-refractivity contribution is 7.21. The molecule has 8 aromatic rings. The zero-order valence-electron chi connectivity index (χ0n) is 26.3. The molecule has 3 aromatic heterocycles. The quantitative estimate of drug-likeness (QED) is 0.193. The van der Waals surface area contributed by atoms with Crippen LogP contribution in [0.5, 0.6) is 0 Å². The summed E-state index contributed by atoms with van der Waals surface area (Å²) in [6.45, 7) is 4.41. The first-order valence-corrected chi connectivity index (χ1v) is 18.1. The SMILES string of the molecule is Cc1ccc2c(c1)[Si](c1ccccc1)(c1ccccc1)c1cc(C)ccc1N2c1ccc(-n2c3ccccc3c3ncccc32)cn1. The van der Waals surface area contributed by atoms with Gasteiger partial charge in [-0.15, -0.1) is 0 Å². The fourth-order valence-electron chi connectivity index (χ4n) is 7.68. The van der Waals surface area contributed by atoms with Crippen molar-refractivity contribution in [3.63, 3.8) is 0 Å². The average Bonchev–Trinajstić information content (AvgIpc) is 3.46. The van der Waals surface area contributed by atoms with E-state index in [9.17, 15) is 0 Å². The lowest BCUT2D eigenvalue weighted by atomic mass is 10.1. The predicted molar refractivity (Wildman–Crippen MR) is 198 cm³/mol. The van der Waals surface area contributed by atoms with Gasteiger partial charge in [-0.1, -0.05) is 114 Å². The minimum absolute atomic E-state index is 0.895. The fraction of sp³-hybridized carbons (Fsp3) is 0.0476. The molecule has 4 heterocycles. The number of hydrogen-bond donors (Lipinski definition) is 0. The Kier molecular flexibility index (Phi) is 6.23. The molecule has 0 amide bonds. The van der Waals surface area contributed by atoms with E-state index in [1.807, 2.05) is 18.5 Å². The summed E-state index contributed by atoms with van der Waals surface area (Å²) < 4.78 is 2.27. The molecule has 0 saturated heterocycles. The maximum absolute atomic E-state index is 5.21. The highest BCUT2D eigenvalue weighted by atomic mass is 28.3. The van der Waals surface area contributed by atoms with Gasteiger partial charge in [0.1, 0.15) is 5.82 Å². The van der Waals surface area contributed by atoms with Gasteiger partial charge in [-0.2, -0.15) is 0 Å². The molecule has 0 N–H and O–H groups in total. The maximum atomic E-state index is 5.21. The molecule has 0 radical (unpaired) electrons. The predicted octanol–water partition coefficient (Wildman–Crippen LogP) is 7.35. The Bertz CT molecular complexity index is 2280. The maximum Gasteiger partial charge on any atom is 0.184 e. The second-order valence-corrected chi connectivity index (χ2v) is 16.2. The highest BCUT2D eigenvalue weighted by Crippen LogP contribution is 2.39. The van der Waals surface area contributed by atoms with E-state index in [1.54, 1.807) is 0 Å². The monoisotopic (exact) mass is 620 g/mol. The third kappa shape index (κ3) is 4.06. The van der Waals surface area contributed by atoms with Crippen molar-refractivity contribution in [3.8, 4) is 5.69 Å². The molecular weight excluding hydrogens is 589 g/mol. The van der Waals surface area contributed by atoms with Gasteiger partial charge in [-0.3, -0.25) is 9.88 Å². The third-order valence-corrected chi connectivity index (χ3v) is 14.5. The highest BCUT2D eigenvalue weighted by Gasteiger charge is 2.49. The van der Waals surface area contributed by atoms with Crippen molar-refractivity contribution >= 4 is 67.9 Å². The first-order chi connectivity index (χ1) is 23.1. The molecule has 0 spiro atoms. The summed E-state index contributed by atoms with van der Waals surface area (Å²) >= 11 is 0. The number of benzene rings is 5. The molecule has 0 aliphatic carbocycles. The van der Waals surface area contributed by atoms with Crippen molar-refractivity contribution in [3.05, 3.63) is 169 Å². The molecule has 0 saturated carbocycles. The van der Waals surface area contributed by atoms with Crippen LogP contribution in [0.4, 0.5) is 17.2 Å². The van der Waals surface area contributed by atoms with Gasteiger partial charge in [0.15, 0.2) is 8.07 Å². The number of nitrogens with zero attached hydrogens (tertiary/aromatic N) is 4. The first kappa shape index (κ1) is 27.5. The van der Waals surface area contributed by atoms with Crippen LogP contribution in [0.1, 0.15) is 11.1 Å². The van der Waals surface area contributed by atoms with Crippen LogP contribution in [-0.4, -0.2) is 22.6 Å². The van der Waals surface area contributed by atoms with Gasteiger partial charge >= 0.3 is 0 Å². The lowest BCUT2D eigenvalue weighted by Gasteiger charge is -2.45. The standard InChI is InChI=1S/C42H32N4Si/c1-29-19-22-36-39(26-29)47(32-12-5-3-6-13-32,33-14-7-4-8-15-33)40-27-30(2)20-23-37(40)46(36)41-24-21-31(28-44-41)45-35-17-10-9-16-34(35)42-38(45)18-11-25-43-42/h3-28H,1-2H3. The number of anilines is 3. The van der Waals surface area contributed by atoms with E-state index in [2.05, 4.69) is 163 Å². The number of aryl methyl sites for hydroxylation is 2. The summed E-state index contributed by atoms with van der Waals surface area (Å²) in [5, 5.41) is 6.67. The Hall–Kier alpha value is -5.78. The van der Waals surface area contributed by atoms with Crippen LogP contribution in [0.2, 0.25) is 0 Å². The Morgan fingerprint density at radius 2 is 1.13 bits per heavy atom. The number of pyridine rings is 2. The lowest BCUT2D eigenvalue weighted by molar-refractivity contribution is 1.11. The van der Waals surface area contributed by atoms with E-state index >= 15 is 0 Å². The van der Waals surface area contributed by atoms with Crippen molar-refractivity contribution in [2.45, 2.75) is 13.8 Å². The Morgan fingerprint density at radius 1 is 0.532 bits per heavy atom. The summed E-state index contributed by atoms with van der Waals surface area (Å²) in [6, 6.07) is 53.2. The van der Waals surface area contributed by atoms with E-state index in [-0.39, 0.29) is 0 Å². The Balaban J connectivity index is 1.29. The summed E-state index contributed by atoms with van der Waals surface area (Å²) in [5.74, 6) is 0.895. The smallest absolute Gasteiger partial charge is 0.184 e. The van der Waals surface area contributed by atoms with Gasteiger partial charge in [-0.25, -0.2) is 4.98 Å². The van der Waals surface area contributed by atoms with Crippen molar-refractivity contribution in [2.24, 2.45) is 0 Å². The van der Waals surface area contributed by atoms with E-state index in [0.29, 0.717) is 0 Å². The van der Waals surface area contributed by atoms with Gasteiger partial charge in [0.2, 0.25) is 0 Å². The van der Waals surface area contributed by atoms with Crippen molar-refractivity contribution in [1.82, 2.24) is 14.5 Å². The summed E-state index contributed by atoms with van der Waals surface area (Å²) in [5.41, 5.74) is 9.09. The topological polar surface area (TPSA) is 34.0 Å². The molecular formula is C42H32N4Si. The van der Waals surface area contributed by atoms with Gasteiger partial charge in [0.25, 0.3) is 0 Å². The van der Waals surface area contributed by atoms with Gasteiger partial charge in [-0.05, 0) is 77.1 Å². The van der Waals surface area contributed by atoms with E-state index in [1.165, 1.54) is 43.2 Å². The van der Waals surface area contributed by atoms with Crippen LogP contribution in [0.15, 0.2) is 158 Å². The summed E-state index contributed by atoms with van der Waals surface area (Å²) in [4.78, 5) is 12.3. The molecule has 0 atom stereocenters. The Morgan fingerprint density at radius 3 is 1.74 bits per heavy atom. The van der Waals surface area contributed by atoms with Crippen molar-refractivity contribution in [2.75, 3.05) is 4.90 Å². The third-order valence-electron chi connectivity index (χ3n) is 9.65. The molecule has 224 valence electrons. The number of rotatable bonds is 4. The van der Waals surface area contributed by atoms with Gasteiger partial charge < -0.3 is 4.57 Å². The molecule has 4 nitrogen and oxygen atoms in total. The zero-order valence-corrected chi connectivity index (χ0v) is 27.3.